The molecule has 0 unspecified atom stereocenters. The standard InChI is InChI=1S/C10H9N3O3/c1-16-9-4-2-3-7-10(9)8(12-11-7)5-6-13(14)15/h2-6H,1H3,(H,11,12). The second-order valence-corrected chi connectivity index (χ2v) is 3.09. The predicted molar refractivity (Wildman–Crippen MR) is 58.7 cm³/mol. The first-order chi connectivity index (χ1) is 7.72. The summed E-state index contributed by atoms with van der Waals surface area (Å²) in [5.74, 6) is 0.634. The SMILES string of the molecule is COc1cccc2[nH]nc(C=C[N+](=O)[O-])c12. The summed E-state index contributed by atoms with van der Waals surface area (Å²) in [5, 5.41) is 17.7. The highest BCUT2D eigenvalue weighted by Crippen LogP contribution is 2.27. The van der Waals surface area contributed by atoms with Crippen LogP contribution in [0.4, 0.5) is 0 Å². The first-order valence-corrected chi connectivity index (χ1v) is 4.55. The van der Waals surface area contributed by atoms with Crippen LogP contribution < -0.4 is 4.74 Å². The molecule has 6 heteroatoms. The first-order valence-electron chi connectivity index (χ1n) is 4.55. The van der Waals surface area contributed by atoms with Crippen LogP contribution in [0.15, 0.2) is 24.4 Å². The maximum absolute atomic E-state index is 10.2. The average Bonchev–Trinajstić information content (AvgIpc) is 2.69. The molecule has 1 aromatic carbocycles. The second kappa shape index (κ2) is 4.01. The normalized spacial score (nSPS) is 11.1. The average molecular weight is 219 g/mol. The number of fused-ring (bicyclic) bond motifs is 1. The third-order valence-electron chi connectivity index (χ3n) is 2.15. The number of nitro groups is 1. The van der Waals surface area contributed by atoms with Crippen LogP contribution in [0.5, 0.6) is 5.75 Å². The number of benzene rings is 1. The molecule has 16 heavy (non-hydrogen) atoms. The van der Waals surface area contributed by atoms with Crippen molar-refractivity contribution in [1.82, 2.24) is 10.2 Å². The molecule has 0 spiro atoms. The number of aromatic nitrogens is 2. The van der Waals surface area contributed by atoms with Crippen molar-refractivity contribution in [3.8, 4) is 5.75 Å². The van der Waals surface area contributed by atoms with E-state index in [1.54, 1.807) is 13.2 Å². The Hall–Kier alpha value is -2.37. The van der Waals surface area contributed by atoms with E-state index in [0.29, 0.717) is 11.4 Å². The summed E-state index contributed by atoms with van der Waals surface area (Å²) in [6.07, 6.45) is 2.18. The molecular formula is C10H9N3O3. The van der Waals surface area contributed by atoms with E-state index in [2.05, 4.69) is 10.2 Å². The van der Waals surface area contributed by atoms with E-state index in [4.69, 9.17) is 4.74 Å². The predicted octanol–water partition coefficient (Wildman–Crippen LogP) is 1.82. The molecular weight excluding hydrogens is 210 g/mol. The quantitative estimate of drug-likeness (QED) is 0.630. The minimum absolute atomic E-state index is 0.490. The molecule has 0 radical (unpaired) electrons. The maximum atomic E-state index is 10.2. The topological polar surface area (TPSA) is 81.0 Å². The van der Waals surface area contributed by atoms with Crippen molar-refractivity contribution in [2.45, 2.75) is 0 Å². The Kier molecular flexibility index (Phi) is 2.55. The third-order valence-corrected chi connectivity index (χ3v) is 2.15. The molecule has 0 aliphatic heterocycles. The van der Waals surface area contributed by atoms with Gasteiger partial charge in [0, 0.05) is 6.08 Å². The van der Waals surface area contributed by atoms with Crippen LogP contribution in [0.1, 0.15) is 5.69 Å². The highest BCUT2D eigenvalue weighted by Gasteiger charge is 2.08. The molecule has 1 aromatic heterocycles. The zero-order valence-electron chi connectivity index (χ0n) is 8.51. The Morgan fingerprint density at radius 2 is 2.38 bits per heavy atom. The summed E-state index contributed by atoms with van der Waals surface area (Å²) in [6.45, 7) is 0. The highest BCUT2D eigenvalue weighted by molar-refractivity contribution is 5.91. The van der Waals surface area contributed by atoms with Crippen molar-refractivity contribution in [2.24, 2.45) is 0 Å². The van der Waals surface area contributed by atoms with Crippen LogP contribution >= 0.6 is 0 Å². The van der Waals surface area contributed by atoms with Gasteiger partial charge in [-0.25, -0.2) is 0 Å². The van der Waals surface area contributed by atoms with E-state index in [0.717, 1.165) is 17.1 Å². The molecule has 0 atom stereocenters. The van der Waals surface area contributed by atoms with Crippen LogP contribution in [-0.2, 0) is 0 Å². The lowest BCUT2D eigenvalue weighted by atomic mass is 10.2. The molecule has 1 heterocycles. The molecule has 2 aromatic rings. The Balaban J connectivity index is 2.58. The van der Waals surface area contributed by atoms with E-state index >= 15 is 0 Å². The van der Waals surface area contributed by atoms with Crippen LogP contribution in [0.3, 0.4) is 0 Å². The Morgan fingerprint density at radius 3 is 3.06 bits per heavy atom. The molecule has 82 valence electrons. The van der Waals surface area contributed by atoms with E-state index < -0.39 is 4.92 Å². The molecule has 0 aliphatic rings. The van der Waals surface area contributed by atoms with Crippen molar-refractivity contribution in [1.29, 1.82) is 0 Å². The highest BCUT2D eigenvalue weighted by atomic mass is 16.6. The lowest BCUT2D eigenvalue weighted by Gasteiger charge is -2.00. The Morgan fingerprint density at radius 1 is 1.56 bits per heavy atom. The molecule has 0 amide bonds. The number of H-pyrrole nitrogens is 1. The molecule has 6 nitrogen and oxygen atoms in total. The third kappa shape index (κ3) is 1.72. The summed E-state index contributed by atoms with van der Waals surface area (Å²) in [7, 11) is 1.54. The summed E-state index contributed by atoms with van der Waals surface area (Å²) < 4.78 is 5.17. The van der Waals surface area contributed by atoms with Crippen molar-refractivity contribution in [3.63, 3.8) is 0 Å². The Labute approximate surface area is 90.7 Å². The number of methoxy groups -OCH3 is 1. The number of rotatable bonds is 3. The van der Waals surface area contributed by atoms with Crippen LogP contribution in [-0.4, -0.2) is 22.2 Å². The summed E-state index contributed by atoms with van der Waals surface area (Å²) >= 11 is 0. The number of nitrogens with one attached hydrogen (secondary N) is 1. The second-order valence-electron chi connectivity index (χ2n) is 3.09. The molecule has 1 N–H and O–H groups in total. The number of ether oxygens (including phenoxy) is 1. The smallest absolute Gasteiger partial charge is 0.236 e. The Bertz CT molecular complexity index is 559. The summed E-state index contributed by atoms with van der Waals surface area (Å²) in [6, 6.07) is 5.43. The monoisotopic (exact) mass is 219 g/mol. The van der Waals surface area contributed by atoms with Crippen molar-refractivity contribution in [2.75, 3.05) is 7.11 Å². The van der Waals surface area contributed by atoms with E-state index in [1.165, 1.54) is 6.08 Å². The molecule has 0 aliphatic carbocycles. The fraction of sp³-hybridized carbons (Fsp3) is 0.100. The lowest BCUT2D eigenvalue weighted by Crippen LogP contribution is -1.85. The molecule has 0 saturated carbocycles. The van der Waals surface area contributed by atoms with Crippen LogP contribution in [0, 0.1) is 10.1 Å². The number of hydrogen-bond acceptors (Lipinski definition) is 4. The first kappa shape index (κ1) is 10.2. The van der Waals surface area contributed by atoms with Gasteiger partial charge >= 0.3 is 0 Å². The molecule has 2 rings (SSSR count). The van der Waals surface area contributed by atoms with Gasteiger partial charge in [0.25, 0.3) is 0 Å². The van der Waals surface area contributed by atoms with E-state index in [1.807, 2.05) is 12.1 Å². The summed E-state index contributed by atoms with van der Waals surface area (Å²) in [4.78, 5) is 9.70. The molecule has 0 fully saturated rings. The van der Waals surface area contributed by atoms with Gasteiger partial charge in [-0.1, -0.05) is 6.07 Å². The number of aromatic amines is 1. The fourth-order valence-corrected chi connectivity index (χ4v) is 1.49. The van der Waals surface area contributed by atoms with Gasteiger partial charge in [0.1, 0.15) is 11.4 Å². The van der Waals surface area contributed by atoms with Crippen LogP contribution in [0.2, 0.25) is 0 Å². The van der Waals surface area contributed by atoms with Gasteiger partial charge in [-0.2, -0.15) is 5.10 Å². The zero-order chi connectivity index (χ0) is 11.5. The van der Waals surface area contributed by atoms with Gasteiger partial charge in [-0.15, -0.1) is 0 Å². The van der Waals surface area contributed by atoms with Gasteiger partial charge in [0.05, 0.1) is 22.9 Å². The number of hydrogen-bond donors (Lipinski definition) is 1. The number of nitrogens with zero attached hydrogens (tertiary/aromatic N) is 2. The van der Waals surface area contributed by atoms with Gasteiger partial charge in [0.15, 0.2) is 0 Å². The van der Waals surface area contributed by atoms with E-state index in [9.17, 15) is 10.1 Å². The minimum atomic E-state index is -0.532. The lowest BCUT2D eigenvalue weighted by molar-refractivity contribution is -0.400. The van der Waals surface area contributed by atoms with E-state index in [-0.39, 0.29) is 0 Å². The van der Waals surface area contributed by atoms with Crippen molar-refractivity contribution >= 4 is 17.0 Å². The fourth-order valence-electron chi connectivity index (χ4n) is 1.49. The zero-order valence-corrected chi connectivity index (χ0v) is 8.51. The van der Waals surface area contributed by atoms with Crippen LogP contribution in [0.25, 0.3) is 17.0 Å². The summed E-state index contributed by atoms with van der Waals surface area (Å²) in [5.41, 5.74) is 1.27. The van der Waals surface area contributed by atoms with Gasteiger partial charge < -0.3 is 4.74 Å². The van der Waals surface area contributed by atoms with Crippen molar-refractivity contribution < 1.29 is 9.66 Å². The largest absolute Gasteiger partial charge is 0.496 e. The maximum Gasteiger partial charge on any atom is 0.236 e. The van der Waals surface area contributed by atoms with Gasteiger partial charge in [0.2, 0.25) is 6.20 Å². The molecule has 0 saturated heterocycles. The minimum Gasteiger partial charge on any atom is -0.496 e. The van der Waals surface area contributed by atoms with Gasteiger partial charge in [-0.05, 0) is 12.1 Å². The van der Waals surface area contributed by atoms with Crippen molar-refractivity contribution in [3.05, 3.63) is 40.2 Å². The van der Waals surface area contributed by atoms with Gasteiger partial charge in [-0.3, -0.25) is 15.2 Å². The molecule has 0 bridgehead atoms.